The van der Waals surface area contributed by atoms with Crippen molar-refractivity contribution in [1.82, 2.24) is 75.4 Å². The van der Waals surface area contributed by atoms with Crippen LogP contribution in [-0.4, -0.2) is 80.4 Å². The second kappa shape index (κ2) is 32.6. The van der Waals surface area contributed by atoms with E-state index in [4.69, 9.17) is 34.8 Å². The minimum absolute atomic E-state index is 0.0460. The number of halogens is 13. The van der Waals surface area contributed by atoms with Crippen LogP contribution >= 0.6 is 34.8 Å². The van der Waals surface area contributed by atoms with Crippen molar-refractivity contribution in [2.24, 2.45) is 0 Å². The van der Waals surface area contributed by atoms with E-state index < -0.39 is 39.8 Å². The van der Waals surface area contributed by atoms with Gasteiger partial charge in [-0.3, -0.25) is 25.4 Å². The Labute approximate surface area is 683 Å². The molecule has 8 aromatic heterocycles. The molecule has 0 aliphatic carbocycles. The molecule has 20 aromatic rings. The molecule has 0 spiro atoms. The number of nitrogens with zero attached hydrogens (tertiary/aromatic N) is 8. The lowest BCUT2D eigenvalue weighted by Crippen LogP contribution is -1.87. The molecule has 0 bridgehead atoms. The number of imidazole rings is 4. The first kappa shape index (κ1) is 77.6. The molecule has 0 aliphatic rings. The van der Waals surface area contributed by atoms with Crippen molar-refractivity contribution in [3.05, 3.63) is 341 Å². The summed E-state index contributed by atoms with van der Waals surface area (Å²) in [5.41, 5.74) is 13.1. The second-order valence-electron chi connectivity index (χ2n) is 27.1. The highest BCUT2D eigenvalue weighted by molar-refractivity contribution is 6.42. The van der Waals surface area contributed by atoms with E-state index in [0.29, 0.717) is 121 Å². The molecule has 0 fully saturated rings. The van der Waals surface area contributed by atoms with E-state index in [1.54, 1.807) is 122 Å². The predicted molar refractivity (Wildman–Crippen MR) is 450 cm³/mol. The quantitative estimate of drug-likeness (QED) is 0.0310. The number of hydrogen-bond acceptors (Lipinski definition) is 9. The number of rotatable bonds is 13. The average molecular weight is 1670 g/mol. The first-order valence-corrected chi connectivity index (χ1v) is 37.2. The average Bonchev–Trinajstić information content (AvgIpc) is 1.64. The molecule has 590 valence electrons. The molecular weight excluding hydrogens is 1620 g/mol. The summed E-state index contributed by atoms with van der Waals surface area (Å²) in [4.78, 5) is 43.0. The molecule has 12 aromatic carbocycles. The Hall–Kier alpha value is -15.0. The zero-order chi connectivity index (χ0) is 83.1. The maximum atomic E-state index is 14.8. The van der Waals surface area contributed by atoms with Gasteiger partial charge in [0.05, 0.1) is 120 Å². The molecule has 0 radical (unpaired) electrons. The van der Waals surface area contributed by atoms with Crippen LogP contribution in [0.4, 0.5) is 49.6 Å². The fourth-order valence-electron chi connectivity index (χ4n) is 13.2. The van der Waals surface area contributed by atoms with Gasteiger partial charge in [-0.2, -0.15) is 15.3 Å². The molecular formula is C89H51Cl3F10N16O2. The Kier molecular flexibility index (Phi) is 21.1. The molecule has 0 saturated carbocycles. The van der Waals surface area contributed by atoms with Crippen molar-refractivity contribution in [1.29, 1.82) is 0 Å². The molecule has 0 aliphatic heterocycles. The number of nitrogens with one attached hydrogen (secondary N) is 8. The third kappa shape index (κ3) is 16.5. The van der Waals surface area contributed by atoms with Gasteiger partial charge in [0.1, 0.15) is 81.5 Å². The molecule has 20 rings (SSSR count). The number of hydrogen-bond donors (Lipinski definition) is 8. The third-order valence-electron chi connectivity index (χ3n) is 19.3. The van der Waals surface area contributed by atoms with Crippen molar-refractivity contribution >= 4 is 177 Å². The van der Waals surface area contributed by atoms with E-state index in [2.05, 4.69) is 75.4 Å². The Morgan fingerprint density at radius 1 is 0.300 bits per heavy atom. The normalized spacial score (nSPS) is 11.8. The summed E-state index contributed by atoms with van der Waals surface area (Å²) in [5.74, 6) is -2.91. The zero-order valence-electron chi connectivity index (χ0n) is 61.1. The summed E-state index contributed by atoms with van der Waals surface area (Å²) in [6, 6.07) is 50.6. The van der Waals surface area contributed by atoms with Crippen LogP contribution in [0.1, 0.15) is 44.9 Å². The van der Waals surface area contributed by atoms with Gasteiger partial charge in [-0.25, -0.2) is 63.8 Å². The van der Waals surface area contributed by atoms with Gasteiger partial charge in [0.15, 0.2) is 0 Å². The maximum Gasteiger partial charge on any atom is 0.271 e. The van der Waals surface area contributed by atoms with Gasteiger partial charge in [0, 0.05) is 69.7 Å². The summed E-state index contributed by atoms with van der Waals surface area (Å²) in [6.07, 6.45) is 16.1. The zero-order valence-corrected chi connectivity index (χ0v) is 63.4. The van der Waals surface area contributed by atoms with Crippen LogP contribution in [-0.2, 0) is 0 Å². The lowest BCUT2D eigenvalue weighted by atomic mass is 10.1. The lowest BCUT2D eigenvalue weighted by Gasteiger charge is -2.01. The number of non-ortho nitro benzene ring substituents is 1. The van der Waals surface area contributed by atoms with E-state index in [9.17, 15) is 54.0 Å². The van der Waals surface area contributed by atoms with Crippen molar-refractivity contribution < 1.29 is 48.8 Å². The smallest absolute Gasteiger partial charge is 0.271 e. The third-order valence-corrected chi connectivity index (χ3v) is 20.3. The summed E-state index contributed by atoms with van der Waals surface area (Å²) < 4.78 is 138. The minimum Gasteiger partial charge on any atom is -0.360 e. The Morgan fingerprint density at radius 3 is 1.04 bits per heavy atom. The Balaban J connectivity index is 0.000000114. The predicted octanol–water partition coefficient (Wildman–Crippen LogP) is 25.0. The Bertz CT molecular complexity index is 7210. The molecule has 0 atom stereocenters. The van der Waals surface area contributed by atoms with Gasteiger partial charge in [-0.1, -0.05) is 114 Å². The van der Waals surface area contributed by atoms with Crippen LogP contribution in [0.25, 0.3) is 182 Å². The summed E-state index contributed by atoms with van der Waals surface area (Å²) >= 11 is 17.9. The van der Waals surface area contributed by atoms with Crippen molar-refractivity contribution in [3.63, 3.8) is 0 Å². The molecule has 0 unspecified atom stereocenters. The van der Waals surface area contributed by atoms with E-state index in [0.717, 1.165) is 38.6 Å². The second-order valence-corrected chi connectivity index (χ2v) is 28.4. The highest BCUT2D eigenvalue weighted by Gasteiger charge is 2.22. The van der Waals surface area contributed by atoms with Crippen LogP contribution in [0, 0.1) is 68.3 Å². The highest BCUT2D eigenvalue weighted by Crippen LogP contribution is 2.37. The molecule has 8 N–H and O–H groups in total. The minimum atomic E-state index is -0.575. The summed E-state index contributed by atoms with van der Waals surface area (Å²) in [5, 5.41) is 35.7. The number of aromatic amines is 8. The number of H-pyrrole nitrogens is 8. The van der Waals surface area contributed by atoms with Gasteiger partial charge in [-0.05, 0) is 167 Å². The highest BCUT2D eigenvalue weighted by atomic mass is 35.5. The Morgan fingerprint density at radius 2 is 0.625 bits per heavy atom. The number of aromatic nitrogens is 15. The number of benzene rings is 12. The number of nitro groups is 1. The molecule has 120 heavy (non-hydrogen) atoms. The van der Waals surface area contributed by atoms with Crippen LogP contribution in [0.3, 0.4) is 0 Å². The fraction of sp³-hybridized carbons (Fsp3) is 0. The van der Waals surface area contributed by atoms with Gasteiger partial charge in [0.25, 0.3) is 5.69 Å². The molecule has 18 nitrogen and oxygen atoms in total. The lowest BCUT2D eigenvalue weighted by molar-refractivity contribution is -0.384. The van der Waals surface area contributed by atoms with Gasteiger partial charge >= 0.3 is 0 Å². The molecule has 31 heteroatoms. The number of nitro benzene ring substituents is 1. The topological polar surface area (TPSA) is 260 Å². The van der Waals surface area contributed by atoms with Crippen LogP contribution in [0.2, 0.25) is 15.1 Å². The van der Waals surface area contributed by atoms with Gasteiger partial charge < -0.3 is 24.9 Å². The van der Waals surface area contributed by atoms with Crippen molar-refractivity contribution in [2.45, 2.75) is 0 Å². The standard InChI is InChI=1S/C23H13ClF3N3.C22H12Cl2F2N4.C22H13F3N4.C22H13F2N5O2/c24-17-8-21-22(10-19(17)27)30-23(29-21)16-7-15-13(11-28-20(15)9-18(16)26)4-1-12-2-5-14(25)6-3-12;23-15-8-20-21(9-16(15)24)28-22(27-20)13-7-14-18(29-30-19(14)10-17(13)26)6-3-11-1-4-12(25)5-2-11;23-13-4-1-12(2-5-13)3-7-18-16-10-15(17(25)11-20(16)29-28-18)22-26-19-8-6-14(24)9-21(19)27-22;23-13-4-1-12(2-5-13)3-7-18-16-10-15(17(24)11-20(16)28-27-18)22-25-19-8-6-14(29(30)31)9-21(19)26-22/h1-11,28H,(H,29,30);1-10H,(H,27,28)(H,29,30);1-11H,(H,26,27)(H,28,29);1-11H,(H,25,26)(H,27,28)/b4-1+;6-3+;2*7-3+. The monoisotopic (exact) mass is 1670 g/mol. The van der Waals surface area contributed by atoms with Crippen molar-refractivity contribution in [2.75, 3.05) is 0 Å². The maximum absolute atomic E-state index is 14.8. The molecule has 0 amide bonds. The van der Waals surface area contributed by atoms with E-state index >= 15 is 0 Å². The van der Waals surface area contributed by atoms with Crippen LogP contribution in [0.15, 0.2) is 212 Å². The van der Waals surface area contributed by atoms with Gasteiger partial charge in [0.2, 0.25) is 0 Å². The SMILES string of the molecule is Fc1ccc(/C=C/c2c[nH]c3cc(F)c(-c4nc5cc(Cl)c(F)cc5[nH]4)cc23)cc1.Fc1ccc(/C=C/c2n[nH]c3cc(F)c(-c4nc5cc(Cl)c(Cl)cc5[nH]4)cc23)cc1.Fc1ccc(/C=C/c2n[nH]c3cc(F)c(-c4nc5ccc(F)cc5[nH]4)cc23)cc1.O=[N+]([O-])c1ccc2nc(-c3cc4c(/C=C/c5ccc(F)cc5)n[nH]c4cc3F)[nH]c2c1. The first-order chi connectivity index (χ1) is 58.0. The summed E-state index contributed by atoms with van der Waals surface area (Å²) in [7, 11) is 0. The van der Waals surface area contributed by atoms with E-state index in [1.165, 1.54) is 121 Å². The van der Waals surface area contributed by atoms with Crippen LogP contribution in [0.5, 0.6) is 0 Å². The first-order valence-electron chi connectivity index (χ1n) is 36.1. The van der Waals surface area contributed by atoms with Gasteiger partial charge in [-0.15, -0.1) is 0 Å². The summed E-state index contributed by atoms with van der Waals surface area (Å²) in [6.45, 7) is 0. The molecule has 0 saturated heterocycles. The number of fused-ring (bicyclic) bond motifs is 8. The van der Waals surface area contributed by atoms with E-state index in [1.807, 2.05) is 18.2 Å². The van der Waals surface area contributed by atoms with E-state index in [-0.39, 0.29) is 62.3 Å². The largest absolute Gasteiger partial charge is 0.360 e. The fourth-order valence-corrected chi connectivity index (χ4v) is 13.7. The van der Waals surface area contributed by atoms with Crippen LogP contribution < -0.4 is 0 Å². The van der Waals surface area contributed by atoms with Crippen molar-refractivity contribution in [3.8, 4) is 45.6 Å². The molecule has 8 heterocycles.